The van der Waals surface area contributed by atoms with Gasteiger partial charge in [-0.05, 0) is 29.8 Å². The van der Waals surface area contributed by atoms with Crippen molar-refractivity contribution >= 4 is 17.7 Å². The van der Waals surface area contributed by atoms with Gasteiger partial charge in [0, 0.05) is 31.1 Å². The van der Waals surface area contributed by atoms with Crippen molar-refractivity contribution in [3.63, 3.8) is 0 Å². The summed E-state index contributed by atoms with van der Waals surface area (Å²) in [5.41, 5.74) is 1.19. The fourth-order valence-electron chi connectivity index (χ4n) is 2.48. The second kappa shape index (κ2) is 8.05. The molecular weight excluding hydrogens is 351 g/mol. The molecule has 7 nitrogen and oxygen atoms in total. The van der Waals surface area contributed by atoms with Crippen LogP contribution in [0.5, 0.6) is 0 Å². The number of carbonyl (C=O) groups excluding carboxylic acids is 1. The summed E-state index contributed by atoms with van der Waals surface area (Å²) >= 11 is 0. The number of nitro benzene ring substituents is 1. The van der Waals surface area contributed by atoms with Crippen LogP contribution < -0.4 is 5.32 Å². The number of para-hydroxylation sites is 1. The average Bonchev–Trinajstić information content (AvgIpc) is 3.19. The highest BCUT2D eigenvalue weighted by Gasteiger charge is 2.10. The van der Waals surface area contributed by atoms with Gasteiger partial charge in [-0.3, -0.25) is 14.9 Å². The standard InChI is InChI=1S/C19H15FN4O3/c20-16-11-14(5-7-18(16)23-10-9-21-13-23)12-22-19(25)8-6-15-3-1-2-4-17(15)24(26)27/h1-11,13H,12H2,(H,22,25)/b8-6+. The molecule has 1 heterocycles. The van der Waals surface area contributed by atoms with Crippen LogP contribution in [0, 0.1) is 15.9 Å². The van der Waals surface area contributed by atoms with Crippen molar-refractivity contribution in [1.82, 2.24) is 14.9 Å². The lowest BCUT2D eigenvalue weighted by Gasteiger charge is -2.07. The number of benzene rings is 2. The Morgan fingerprint density at radius 1 is 1.30 bits per heavy atom. The molecule has 0 atom stereocenters. The van der Waals surface area contributed by atoms with Gasteiger partial charge in [0.1, 0.15) is 5.82 Å². The first-order chi connectivity index (χ1) is 13.0. The molecule has 8 heteroatoms. The molecule has 136 valence electrons. The Morgan fingerprint density at radius 2 is 2.11 bits per heavy atom. The van der Waals surface area contributed by atoms with Crippen molar-refractivity contribution in [2.75, 3.05) is 0 Å². The van der Waals surface area contributed by atoms with Gasteiger partial charge in [-0.25, -0.2) is 9.37 Å². The van der Waals surface area contributed by atoms with Gasteiger partial charge in [0.15, 0.2) is 0 Å². The summed E-state index contributed by atoms with van der Waals surface area (Å²) in [6.45, 7) is 0.126. The molecule has 1 amide bonds. The quantitative estimate of drug-likeness (QED) is 0.412. The Morgan fingerprint density at radius 3 is 2.81 bits per heavy atom. The van der Waals surface area contributed by atoms with Crippen molar-refractivity contribution in [3.8, 4) is 5.69 Å². The minimum Gasteiger partial charge on any atom is -0.348 e. The molecule has 0 unspecified atom stereocenters. The van der Waals surface area contributed by atoms with E-state index >= 15 is 0 Å². The third-order valence-electron chi connectivity index (χ3n) is 3.81. The number of imidazole rings is 1. The molecule has 0 fully saturated rings. The number of nitrogens with zero attached hydrogens (tertiary/aromatic N) is 3. The Bertz CT molecular complexity index is 1000. The molecule has 1 N–H and O–H groups in total. The fourth-order valence-corrected chi connectivity index (χ4v) is 2.48. The maximum atomic E-state index is 14.2. The molecule has 0 aliphatic carbocycles. The molecule has 27 heavy (non-hydrogen) atoms. The number of halogens is 1. The van der Waals surface area contributed by atoms with E-state index in [0.29, 0.717) is 16.8 Å². The molecule has 0 aliphatic rings. The second-order valence-corrected chi connectivity index (χ2v) is 5.62. The predicted octanol–water partition coefficient (Wildman–Crippen LogP) is 3.25. The van der Waals surface area contributed by atoms with E-state index < -0.39 is 16.6 Å². The first-order valence-electron chi connectivity index (χ1n) is 8.00. The van der Waals surface area contributed by atoms with Crippen molar-refractivity contribution in [2.24, 2.45) is 0 Å². The Kier molecular flexibility index (Phi) is 5.36. The maximum absolute atomic E-state index is 14.2. The van der Waals surface area contributed by atoms with E-state index in [2.05, 4.69) is 10.3 Å². The first-order valence-corrected chi connectivity index (χ1v) is 8.00. The lowest BCUT2D eigenvalue weighted by atomic mass is 10.1. The number of aromatic nitrogens is 2. The minimum absolute atomic E-state index is 0.0845. The lowest BCUT2D eigenvalue weighted by Crippen LogP contribution is -2.20. The molecule has 3 rings (SSSR count). The largest absolute Gasteiger partial charge is 0.348 e. The van der Waals surface area contributed by atoms with Gasteiger partial charge in [-0.2, -0.15) is 0 Å². The van der Waals surface area contributed by atoms with Crippen molar-refractivity contribution in [1.29, 1.82) is 0 Å². The van der Waals surface area contributed by atoms with Crippen LogP contribution in [-0.4, -0.2) is 20.4 Å². The normalized spacial score (nSPS) is 10.9. The van der Waals surface area contributed by atoms with Crippen molar-refractivity contribution in [3.05, 3.63) is 94.3 Å². The highest BCUT2D eigenvalue weighted by atomic mass is 19.1. The molecule has 0 saturated heterocycles. The molecule has 1 aromatic heterocycles. The van der Waals surface area contributed by atoms with Gasteiger partial charge in [0.2, 0.25) is 5.91 Å². The monoisotopic (exact) mass is 366 g/mol. The second-order valence-electron chi connectivity index (χ2n) is 5.62. The van der Waals surface area contributed by atoms with E-state index in [1.54, 1.807) is 47.3 Å². The van der Waals surface area contributed by atoms with Gasteiger partial charge < -0.3 is 9.88 Å². The number of carbonyl (C=O) groups is 1. The summed E-state index contributed by atoms with van der Waals surface area (Å²) in [6.07, 6.45) is 7.26. The summed E-state index contributed by atoms with van der Waals surface area (Å²) < 4.78 is 15.7. The van der Waals surface area contributed by atoms with Crippen LogP contribution in [0.1, 0.15) is 11.1 Å². The summed E-state index contributed by atoms with van der Waals surface area (Å²) in [7, 11) is 0. The van der Waals surface area contributed by atoms with Crippen LogP contribution in [0.2, 0.25) is 0 Å². The van der Waals surface area contributed by atoms with Crippen molar-refractivity contribution < 1.29 is 14.1 Å². The smallest absolute Gasteiger partial charge is 0.276 e. The fraction of sp³-hybridized carbons (Fsp3) is 0.0526. The Hall–Kier alpha value is -3.81. The average molecular weight is 366 g/mol. The van der Waals surface area contributed by atoms with E-state index in [0.717, 1.165) is 0 Å². The topological polar surface area (TPSA) is 90.1 Å². The van der Waals surface area contributed by atoms with Crippen molar-refractivity contribution in [2.45, 2.75) is 6.54 Å². The number of hydrogen-bond acceptors (Lipinski definition) is 4. The van der Waals surface area contributed by atoms with E-state index in [1.165, 1.54) is 30.6 Å². The van der Waals surface area contributed by atoms with Crippen LogP contribution in [0.3, 0.4) is 0 Å². The molecule has 0 aliphatic heterocycles. The van der Waals surface area contributed by atoms with Gasteiger partial charge in [0.05, 0.1) is 22.5 Å². The number of nitro groups is 1. The van der Waals surface area contributed by atoms with Crippen LogP contribution in [0.15, 0.2) is 67.3 Å². The Labute approximate surface area is 153 Å². The van der Waals surface area contributed by atoms with Gasteiger partial charge in [-0.1, -0.05) is 18.2 Å². The highest BCUT2D eigenvalue weighted by Crippen LogP contribution is 2.19. The zero-order chi connectivity index (χ0) is 19.2. The summed E-state index contributed by atoms with van der Waals surface area (Å²) in [6, 6.07) is 10.7. The summed E-state index contributed by atoms with van der Waals surface area (Å²) in [4.78, 5) is 26.2. The zero-order valence-corrected chi connectivity index (χ0v) is 14.1. The van der Waals surface area contributed by atoms with Gasteiger partial charge in [0.25, 0.3) is 5.69 Å². The van der Waals surface area contributed by atoms with E-state index in [-0.39, 0.29) is 12.2 Å². The third-order valence-corrected chi connectivity index (χ3v) is 3.81. The number of nitrogens with one attached hydrogen (secondary N) is 1. The molecule has 0 radical (unpaired) electrons. The minimum atomic E-state index is -0.512. The Balaban J connectivity index is 1.63. The van der Waals surface area contributed by atoms with E-state index in [1.807, 2.05) is 0 Å². The van der Waals surface area contributed by atoms with Crippen LogP contribution in [-0.2, 0) is 11.3 Å². The SMILES string of the molecule is O=C(/C=C/c1ccccc1[N+](=O)[O-])NCc1ccc(-n2ccnc2)c(F)c1. The van der Waals surface area contributed by atoms with Crippen LogP contribution in [0.25, 0.3) is 11.8 Å². The molecular formula is C19H15FN4O3. The molecule has 0 saturated carbocycles. The van der Waals surface area contributed by atoms with E-state index in [4.69, 9.17) is 0 Å². The van der Waals surface area contributed by atoms with Gasteiger partial charge in [-0.15, -0.1) is 0 Å². The lowest BCUT2D eigenvalue weighted by molar-refractivity contribution is -0.385. The van der Waals surface area contributed by atoms with E-state index in [9.17, 15) is 19.3 Å². The van der Waals surface area contributed by atoms with Crippen LogP contribution >= 0.6 is 0 Å². The third kappa shape index (κ3) is 4.43. The molecule has 0 spiro atoms. The first kappa shape index (κ1) is 18.0. The van der Waals surface area contributed by atoms with Gasteiger partial charge >= 0.3 is 0 Å². The number of rotatable bonds is 6. The van der Waals surface area contributed by atoms with Crippen LogP contribution in [0.4, 0.5) is 10.1 Å². The molecule has 0 bridgehead atoms. The summed E-state index contributed by atoms with van der Waals surface area (Å²) in [5.74, 6) is -0.873. The predicted molar refractivity (Wildman–Crippen MR) is 97.5 cm³/mol. The summed E-state index contributed by atoms with van der Waals surface area (Å²) in [5, 5.41) is 13.6. The number of amides is 1. The maximum Gasteiger partial charge on any atom is 0.276 e. The highest BCUT2D eigenvalue weighted by molar-refractivity contribution is 5.92. The molecule has 2 aromatic carbocycles. The molecule has 3 aromatic rings. The zero-order valence-electron chi connectivity index (χ0n) is 14.1. The number of hydrogen-bond donors (Lipinski definition) is 1.